The summed E-state index contributed by atoms with van der Waals surface area (Å²) < 4.78 is 1.91. The van der Waals surface area contributed by atoms with Gasteiger partial charge in [-0.05, 0) is 73.0 Å². The molecule has 6 N–H and O–H groups in total. The van der Waals surface area contributed by atoms with E-state index in [0.717, 1.165) is 43.7 Å². The van der Waals surface area contributed by atoms with E-state index >= 15 is 0 Å². The molecular formula is C35H44N11O4+. The van der Waals surface area contributed by atoms with Crippen molar-refractivity contribution in [3.63, 3.8) is 0 Å². The SMILES string of the molecule is CCc1nnn([C@H]2C[C@@H]([n+]3c[nH]c4c(NCC(c5ccc(O)cc5)c5ccc(O)cc5)nc(N5CC[C@@H](N6CCCC6)C5)nc43)[C@H](O)[C@@H]2O)n1. The Kier molecular flexibility index (Phi) is 8.70. The fourth-order valence-corrected chi connectivity index (χ4v) is 7.87. The van der Waals surface area contributed by atoms with Crippen LogP contribution in [0.5, 0.6) is 11.5 Å². The van der Waals surface area contributed by atoms with Crippen molar-refractivity contribution in [3.05, 3.63) is 71.8 Å². The Labute approximate surface area is 289 Å². The standard InChI is InChI=1S/C35H43N11O4/c1-2-29-40-42-46(41-29)28-17-27(31(49)32(28)50)45-20-37-30-33(38-35(39-34(30)45)44-16-13-23(19-44)43-14-3-4-15-43)36-18-26(21-5-9-24(47)10-6-21)22-7-11-25(48)12-8-22/h5-12,20,23,26-28,31-32,49-50H,2-4,13-19H2,1H3,(H3,36,38,39,47,48)/p+1/t23-,27-,28+,31+,32-/m1/s1. The number of aromatic hydroxyl groups is 2. The maximum atomic E-state index is 11.4. The van der Waals surface area contributed by atoms with Crippen molar-refractivity contribution in [2.45, 2.75) is 75.3 Å². The number of likely N-dealkylation sites (tertiary alicyclic amines) is 1. The lowest BCUT2D eigenvalue weighted by atomic mass is 9.91. The lowest BCUT2D eigenvalue weighted by Crippen LogP contribution is -2.45. The number of imidazole rings is 1. The van der Waals surface area contributed by atoms with Gasteiger partial charge in [-0.15, -0.1) is 10.2 Å². The van der Waals surface area contributed by atoms with Crippen LogP contribution in [-0.4, -0.2) is 111 Å². The average molecular weight is 683 g/mol. The summed E-state index contributed by atoms with van der Waals surface area (Å²) in [5, 5.41) is 58.8. The van der Waals surface area contributed by atoms with Crippen LogP contribution in [0, 0.1) is 0 Å². The van der Waals surface area contributed by atoms with E-state index in [4.69, 9.17) is 9.97 Å². The molecular weight excluding hydrogens is 638 g/mol. The number of nitrogens with zero attached hydrogens (tertiary/aromatic N) is 9. The second-order valence-electron chi connectivity index (χ2n) is 13.7. The first-order valence-electron chi connectivity index (χ1n) is 17.6. The molecule has 0 amide bonds. The minimum atomic E-state index is -1.09. The Morgan fingerprint density at radius 1 is 0.940 bits per heavy atom. The van der Waals surface area contributed by atoms with E-state index < -0.39 is 24.3 Å². The summed E-state index contributed by atoms with van der Waals surface area (Å²) in [4.78, 5) is 19.8. The minimum absolute atomic E-state index is 0.131. The number of aliphatic hydroxyl groups is 2. The molecule has 2 aliphatic heterocycles. The molecule has 262 valence electrons. The number of aromatic nitrogens is 8. The zero-order chi connectivity index (χ0) is 34.4. The molecule has 50 heavy (non-hydrogen) atoms. The van der Waals surface area contributed by atoms with E-state index in [-0.39, 0.29) is 17.4 Å². The zero-order valence-corrected chi connectivity index (χ0v) is 28.0. The third kappa shape index (κ3) is 6.09. The summed E-state index contributed by atoms with van der Waals surface area (Å²) in [6.07, 6.45) is 4.13. The van der Waals surface area contributed by atoms with Gasteiger partial charge in [-0.25, -0.2) is 4.57 Å². The van der Waals surface area contributed by atoms with Gasteiger partial charge < -0.3 is 30.6 Å². The number of nitrogens with one attached hydrogen (secondary N) is 2. The van der Waals surface area contributed by atoms with Crippen molar-refractivity contribution >= 4 is 22.9 Å². The molecule has 15 heteroatoms. The van der Waals surface area contributed by atoms with Crippen molar-refractivity contribution in [3.8, 4) is 11.5 Å². The smallest absolute Gasteiger partial charge is 0.309 e. The third-order valence-corrected chi connectivity index (χ3v) is 10.7. The molecule has 0 radical (unpaired) electrons. The van der Waals surface area contributed by atoms with Crippen LogP contribution < -0.4 is 14.8 Å². The second-order valence-corrected chi connectivity index (χ2v) is 13.7. The predicted molar refractivity (Wildman–Crippen MR) is 184 cm³/mol. The van der Waals surface area contributed by atoms with E-state index in [1.807, 2.05) is 35.8 Å². The molecule has 5 heterocycles. The number of hydrogen-bond donors (Lipinski definition) is 6. The molecule has 3 aromatic heterocycles. The summed E-state index contributed by atoms with van der Waals surface area (Å²) in [6.45, 7) is 6.33. The van der Waals surface area contributed by atoms with Gasteiger partial charge in [0.2, 0.25) is 5.52 Å². The van der Waals surface area contributed by atoms with Crippen molar-refractivity contribution in [2.75, 3.05) is 42.9 Å². The van der Waals surface area contributed by atoms with Crippen LogP contribution in [0.1, 0.15) is 67.6 Å². The molecule has 15 nitrogen and oxygen atoms in total. The van der Waals surface area contributed by atoms with Gasteiger partial charge in [0, 0.05) is 44.4 Å². The van der Waals surface area contributed by atoms with Crippen molar-refractivity contribution in [2.24, 2.45) is 0 Å². The van der Waals surface area contributed by atoms with Crippen LogP contribution in [0.3, 0.4) is 0 Å². The summed E-state index contributed by atoms with van der Waals surface area (Å²) in [5.41, 5.74) is 3.27. The highest BCUT2D eigenvalue weighted by Crippen LogP contribution is 2.36. The average Bonchev–Trinajstić information content (AvgIpc) is 3.98. The molecule has 2 saturated heterocycles. The summed E-state index contributed by atoms with van der Waals surface area (Å²) in [7, 11) is 0. The number of tetrazole rings is 1. The molecule has 2 aromatic carbocycles. The molecule has 5 aromatic rings. The van der Waals surface area contributed by atoms with Crippen LogP contribution in [0.25, 0.3) is 11.2 Å². The van der Waals surface area contributed by atoms with Gasteiger partial charge in [-0.1, -0.05) is 36.2 Å². The Hall–Kier alpha value is -4.86. The zero-order valence-electron chi connectivity index (χ0n) is 28.0. The Bertz CT molecular complexity index is 1880. The fraction of sp³-hybridized carbons (Fsp3) is 0.486. The first kappa shape index (κ1) is 32.4. The Balaban J connectivity index is 1.15. The van der Waals surface area contributed by atoms with Crippen LogP contribution in [0.4, 0.5) is 11.8 Å². The molecule has 3 aliphatic rings. The van der Waals surface area contributed by atoms with Crippen LogP contribution in [-0.2, 0) is 6.42 Å². The number of H-pyrrole nitrogens is 1. The highest BCUT2D eigenvalue weighted by molar-refractivity contribution is 5.82. The highest BCUT2D eigenvalue weighted by Gasteiger charge is 2.48. The normalized spacial score (nSPS) is 24.2. The number of fused-ring (bicyclic) bond motifs is 1. The van der Waals surface area contributed by atoms with Gasteiger partial charge in [0.1, 0.15) is 35.8 Å². The predicted octanol–water partition coefficient (Wildman–Crippen LogP) is 2.03. The number of aliphatic hydroxyl groups excluding tert-OH is 2. The number of rotatable bonds is 10. The maximum absolute atomic E-state index is 11.4. The number of hydrogen-bond acceptors (Lipinski definition) is 12. The Morgan fingerprint density at radius 2 is 1.64 bits per heavy atom. The number of aromatic amines is 1. The van der Waals surface area contributed by atoms with Gasteiger partial charge in [0.25, 0.3) is 0 Å². The quantitative estimate of drug-likeness (QED) is 0.118. The van der Waals surface area contributed by atoms with Crippen LogP contribution in [0.2, 0.25) is 0 Å². The first-order valence-corrected chi connectivity index (χ1v) is 17.6. The van der Waals surface area contributed by atoms with Crippen molar-refractivity contribution in [1.29, 1.82) is 0 Å². The molecule has 0 spiro atoms. The molecule has 8 rings (SSSR count). The third-order valence-electron chi connectivity index (χ3n) is 10.7. The van der Waals surface area contributed by atoms with E-state index in [1.54, 1.807) is 30.6 Å². The summed E-state index contributed by atoms with van der Waals surface area (Å²) in [5.74, 6) is 2.05. The van der Waals surface area contributed by atoms with Gasteiger partial charge in [-0.3, -0.25) is 9.88 Å². The van der Waals surface area contributed by atoms with Gasteiger partial charge in [-0.2, -0.15) is 9.78 Å². The fourth-order valence-electron chi connectivity index (χ4n) is 7.87. The largest absolute Gasteiger partial charge is 0.508 e. The molecule has 3 fully saturated rings. The molecule has 1 aliphatic carbocycles. The van der Waals surface area contributed by atoms with E-state index in [9.17, 15) is 20.4 Å². The highest BCUT2D eigenvalue weighted by atomic mass is 16.3. The minimum Gasteiger partial charge on any atom is -0.508 e. The van der Waals surface area contributed by atoms with E-state index in [2.05, 4.69) is 35.5 Å². The van der Waals surface area contributed by atoms with Crippen molar-refractivity contribution < 1.29 is 25.0 Å². The topological polar surface area (TPSA) is 188 Å². The molecule has 0 unspecified atom stereocenters. The summed E-state index contributed by atoms with van der Waals surface area (Å²) in [6, 6.07) is 13.7. The monoisotopic (exact) mass is 682 g/mol. The van der Waals surface area contributed by atoms with Crippen molar-refractivity contribution in [1.82, 2.24) is 40.1 Å². The number of phenolic OH excluding ortho intramolecular Hbond substituents is 2. The van der Waals surface area contributed by atoms with Gasteiger partial charge in [0.15, 0.2) is 18.0 Å². The van der Waals surface area contributed by atoms with Crippen LogP contribution >= 0.6 is 0 Å². The second kappa shape index (κ2) is 13.5. The molecule has 1 saturated carbocycles. The molecule has 5 atom stereocenters. The number of anilines is 2. The van der Waals surface area contributed by atoms with E-state index in [1.165, 1.54) is 17.6 Å². The lowest BCUT2D eigenvalue weighted by Gasteiger charge is -2.23. The van der Waals surface area contributed by atoms with Gasteiger partial charge >= 0.3 is 11.6 Å². The number of phenols is 2. The van der Waals surface area contributed by atoms with E-state index in [0.29, 0.717) is 54.2 Å². The number of aryl methyl sites for hydroxylation is 1. The lowest BCUT2D eigenvalue weighted by molar-refractivity contribution is -0.706. The van der Waals surface area contributed by atoms with Crippen LogP contribution in [0.15, 0.2) is 54.9 Å². The maximum Gasteiger partial charge on any atom is 0.309 e. The number of benzene rings is 2. The first-order chi connectivity index (χ1) is 24.4. The van der Waals surface area contributed by atoms with Gasteiger partial charge in [0.05, 0.1) is 0 Å². The summed E-state index contributed by atoms with van der Waals surface area (Å²) >= 11 is 0. The molecule has 0 bridgehead atoms. The Morgan fingerprint density at radius 3 is 2.30 bits per heavy atom.